The number of aromatic nitrogens is 3. The second-order valence-electron chi connectivity index (χ2n) is 3.53. The van der Waals surface area contributed by atoms with Crippen molar-refractivity contribution in [2.24, 2.45) is 0 Å². The number of rotatable bonds is 4. The lowest BCUT2D eigenvalue weighted by Crippen LogP contribution is -2.01. The number of nitrogens with one attached hydrogen (secondary N) is 1. The Bertz CT molecular complexity index is 604. The number of thiophene rings is 1. The molecule has 0 fully saturated rings. The van der Waals surface area contributed by atoms with E-state index in [9.17, 15) is 0 Å². The third kappa shape index (κ3) is 2.55. The van der Waals surface area contributed by atoms with Gasteiger partial charge in [0.05, 0.1) is 11.4 Å². The number of hydrogen-bond acceptors (Lipinski definition) is 6. The van der Waals surface area contributed by atoms with Gasteiger partial charge in [0.1, 0.15) is 5.01 Å². The van der Waals surface area contributed by atoms with E-state index in [1.807, 2.05) is 12.3 Å². The van der Waals surface area contributed by atoms with E-state index in [1.54, 1.807) is 41.1 Å². The third-order valence-corrected chi connectivity index (χ3v) is 4.31. The molecule has 0 bridgehead atoms. The maximum Gasteiger partial charge on any atom is 0.222 e. The van der Waals surface area contributed by atoms with Gasteiger partial charge in [0.25, 0.3) is 0 Å². The molecule has 3 rings (SSSR count). The van der Waals surface area contributed by atoms with Crippen molar-refractivity contribution in [2.45, 2.75) is 6.54 Å². The summed E-state index contributed by atoms with van der Waals surface area (Å²) >= 11 is 3.40. The minimum absolute atomic E-state index is 0.642. The fraction of sp³-hybridized carbons (Fsp3) is 0.0833. The molecule has 0 aliphatic heterocycles. The Labute approximate surface area is 112 Å². The molecule has 3 heterocycles. The quantitative estimate of drug-likeness (QED) is 0.793. The highest BCUT2D eigenvalue weighted by atomic mass is 32.1. The highest BCUT2D eigenvalue weighted by molar-refractivity contribution is 7.20. The van der Waals surface area contributed by atoms with Gasteiger partial charge in [-0.1, -0.05) is 6.07 Å². The van der Waals surface area contributed by atoms with E-state index in [0.717, 1.165) is 5.01 Å². The summed E-state index contributed by atoms with van der Waals surface area (Å²) in [5.74, 6) is 0.642. The zero-order valence-electron chi connectivity index (χ0n) is 9.41. The summed E-state index contributed by atoms with van der Waals surface area (Å²) in [4.78, 5) is 15.0. The summed E-state index contributed by atoms with van der Waals surface area (Å²) in [7, 11) is 0. The molecule has 0 aromatic carbocycles. The van der Waals surface area contributed by atoms with Crippen LogP contribution < -0.4 is 5.32 Å². The van der Waals surface area contributed by atoms with Crippen LogP contribution in [0.1, 0.15) is 4.88 Å². The van der Waals surface area contributed by atoms with Crippen molar-refractivity contribution in [3.63, 3.8) is 0 Å². The Morgan fingerprint density at radius 3 is 2.78 bits per heavy atom. The normalized spacial score (nSPS) is 10.4. The second-order valence-corrected chi connectivity index (χ2v) is 5.60. The monoisotopic (exact) mass is 274 g/mol. The van der Waals surface area contributed by atoms with Gasteiger partial charge in [-0.2, -0.15) is 0 Å². The minimum atomic E-state index is 0.642. The zero-order chi connectivity index (χ0) is 12.2. The van der Waals surface area contributed by atoms with Crippen molar-refractivity contribution >= 4 is 28.6 Å². The molecule has 0 atom stereocenters. The fourth-order valence-electron chi connectivity index (χ4n) is 1.46. The summed E-state index contributed by atoms with van der Waals surface area (Å²) in [6, 6.07) is 5.92. The van der Waals surface area contributed by atoms with E-state index in [0.29, 0.717) is 12.5 Å². The molecule has 18 heavy (non-hydrogen) atoms. The lowest BCUT2D eigenvalue weighted by atomic mass is 10.5. The number of nitrogens with zero attached hydrogens (tertiary/aromatic N) is 3. The molecule has 1 N–H and O–H groups in total. The summed E-state index contributed by atoms with van der Waals surface area (Å²) < 4.78 is 0. The van der Waals surface area contributed by atoms with Crippen molar-refractivity contribution in [3.05, 3.63) is 47.0 Å². The molecule has 6 heteroatoms. The largest absolute Gasteiger partial charge is 0.349 e. The summed E-state index contributed by atoms with van der Waals surface area (Å²) in [5, 5.41) is 6.30. The van der Waals surface area contributed by atoms with Crippen LogP contribution in [0.25, 0.3) is 9.88 Å². The molecule has 3 aromatic heterocycles. The van der Waals surface area contributed by atoms with Crippen LogP contribution in [-0.2, 0) is 6.54 Å². The molecule has 0 aliphatic carbocycles. The van der Waals surface area contributed by atoms with Crippen molar-refractivity contribution < 1.29 is 0 Å². The standard InChI is InChI=1S/C12H10N4S2/c1-3-10(17-6-1)11-15-7-9(18-11)8-16-12-13-4-2-5-14-12/h1-7H,8H2,(H,13,14,16). The van der Waals surface area contributed by atoms with E-state index >= 15 is 0 Å². The maximum atomic E-state index is 4.42. The summed E-state index contributed by atoms with van der Waals surface area (Å²) in [6.07, 6.45) is 5.34. The van der Waals surface area contributed by atoms with Crippen molar-refractivity contribution in [1.29, 1.82) is 0 Å². The number of thiazole rings is 1. The van der Waals surface area contributed by atoms with Crippen LogP contribution in [0.2, 0.25) is 0 Å². The van der Waals surface area contributed by atoms with E-state index in [4.69, 9.17) is 0 Å². The van der Waals surface area contributed by atoms with Crippen LogP contribution in [0.4, 0.5) is 5.95 Å². The average molecular weight is 274 g/mol. The lowest BCUT2D eigenvalue weighted by Gasteiger charge is -2.00. The average Bonchev–Trinajstić information content (AvgIpc) is 3.08. The van der Waals surface area contributed by atoms with Crippen LogP contribution in [0, 0.1) is 0 Å². The molecular formula is C12H10N4S2. The Morgan fingerprint density at radius 2 is 2.00 bits per heavy atom. The molecule has 0 radical (unpaired) electrons. The maximum absolute atomic E-state index is 4.42. The van der Waals surface area contributed by atoms with Gasteiger partial charge in [0, 0.05) is 23.5 Å². The van der Waals surface area contributed by atoms with Gasteiger partial charge in [-0.05, 0) is 17.5 Å². The van der Waals surface area contributed by atoms with Gasteiger partial charge < -0.3 is 5.32 Å². The minimum Gasteiger partial charge on any atom is -0.349 e. The Hall–Kier alpha value is -1.79. The SMILES string of the molecule is c1cnc(NCc2cnc(-c3cccs3)s2)nc1. The van der Waals surface area contributed by atoms with Crippen molar-refractivity contribution in [1.82, 2.24) is 15.0 Å². The molecule has 0 unspecified atom stereocenters. The van der Waals surface area contributed by atoms with Crippen molar-refractivity contribution in [3.8, 4) is 9.88 Å². The molecule has 0 saturated carbocycles. The molecule has 3 aromatic rings. The second kappa shape index (κ2) is 5.24. The van der Waals surface area contributed by atoms with Crippen LogP contribution in [0.5, 0.6) is 0 Å². The number of anilines is 1. The fourth-order valence-corrected chi connectivity index (χ4v) is 3.12. The zero-order valence-corrected chi connectivity index (χ0v) is 11.0. The smallest absolute Gasteiger partial charge is 0.222 e. The first kappa shape index (κ1) is 11.3. The van der Waals surface area contributed by atoms with Crippen LogP contribution in [-0.4, -0.2) is 15.0 Å². The molecule has 4 nitrogen and oxygen atoms in total. The Kier molecular flexibility index (Phi) is 3.29. The molecule has 0 spiro atoms. The highest BCUT2D eigenvalue weighted by Crippen LogP contribution is 2.28. The van der Waals surface area contributed by atoms with Gasteiger partial charge in [-0.15, -0.1) is 22.7 Å². The van der Waals surface area contributed by atoms with E-state index in [-0.39, 0.29) is 0 Å². The Morgan fingerprint density at radius 1 is 1.11 bits per heavy atom. The molecule has 0 aliphatic rings. The van der Waals surface area contributed by atoms with E-state index in [1.165, 1.54) is 9.75 Å². The summed E-state index contributed by atoms with van der Waals surface area (Å²) in [6.45, 7) is 0.701. The first-order valence-electron chi connectivity index (χ1n) is 5.41. The van der Waals surface area contributed by atoms with Crippen LogP contribution >= 0.6 is 22.7 Å². The topological polar surface area (TPSA) is 50.7 Å². The van der Waals surface area contributed by atoms with Gasteiger partial charge in [-0.25, -0.2) is 15.0 Å². The molecular weight excluding hydrogens is 264 g/mol. The molecule has 90 valence electrons. The van der Waals surface area contributed by atoms with E-state index < -0.39 is 0 Å². The van der Waals surface area contributed by atoms with Gasteiger partial charge in [0.2, 0.25) is 5.95 Å². The van der Waals surface area contributed by atoms with E-state index in [2.05, 4.69) is 31.7 Å². The predicted molar refractivity (Wildman–Crippen MR) is 74.8 cm³/mol. The van der Waals surface area contributed by atoms with Gasteiger partial charge in [0.15, 0.2) is 0 Å². The van der Waals surface area contributed by atoms with Crippen LogP contribution in [0.3, 0.4) is 0 Å². The highest BCUT2D eigenvalue weighted by Gasteiger charge is 2.05. The van der Waals surface area contributed by atoms with Crippen molar-refractivity contribution in [2.75, 3.05) is 5.32 Å². The number of hydrogen-bond donors (Lipinski definition) is 1. The van der Waals surface area contributed by atoms with Gasteiger partial charge in [-0.3, -0.25) is 0 Å². The predicted octanol–water partition coefficient (Wildman–Crippen LogP) is 3.27. The van der Waals surface area contributed by atoms with Crippen LogP contribution in [0.15, 0.2) is 42.2 Å². The third-order valence-electron chi connectivity index (χ3n) is 2.27. The first-order chi connectivity index (χ1) is 8.92. The first-order valence-corrected chi connectivity index (χ1v) is 7.11. The lowest BCUT2D eigenvalue weighted by molar-refractivity contribution is 1.07. The van der Waals surface area contributed by atoms with Gasteiger partial charge >= 0.3 is 0 Å². The molecule has 0 saturated heterocycles. The summed E-state index contributed by atoms with van der Waals surface area (Å²) in [5.41, 5.74) is 0. The Balaban J connectivity index is 1.68. The molecule has 0 amide bonds.